The predicted molar refractivity (Wildman–Crippen MR) is 108 cm³/mol. The number of anilines is 3. The normalized spacial score (nSPS) is 13.0. The molecule has 8 nitrogen and oxygen atoms in total. The first-order valence-corrected chi connectivity index (χ1v) is 9.11. The van der Waals surface area contributed by atoms with E-state index in [9.17, 15) is 14.4 Å². The molecule has 1 fully saturated rings. The first kappa shape index (κ1) is 20.2. The van der Waals surface area contributed by atoms with Gasteiger partial charge in [-0.2, -0.15) is 5.26 Å². The van der Waals surface area contributed by atoms with Crippen LogP contribution in [-0.2, 0) is 14.4 Å². The number of rotatable bonds is 4. The van der Waals surface area contributed by atoms with Gasteiger partial charge in [-0.25, -0.2) is 0 Å². The average molecular weight is 413 g/mol. The van der Waals surface area contributed by atoms with Crippen LogP contribution in [0.4, 0.5) is 17.1 Å². The molecular formula is C20H17ClN4O4. The summed E-state index contributed by atoms with van der Waals surface area (Å²) in [5, 5.41) is 14.3. The molecule has 0 saturated carbocycles. The van der Waals surface area contributed by atoms with Crippen molar-refractivity contribution in [1.82, 2.24) is 0 Å². The number of nitriles is 1. The number of hydrogen-bond donors (Lipinski definition) is 2. The average Bonchev–Trinajstić information content (AvgIpc) is 3.13. The van der Waals surface area contributed by atoms with Crippen molar-refractivity contribution in [3.63, 3.8) is 0 Å². The highest BCUT2D eigenvalue weighted by atomic mass is 35.5. The number of halogens is 1. The summed E-state index contributed by atoms with van der Waals surface area (Å²) in [6.07, 6.45) is 1.25. The third kappa shape index (κ3) is 4.47. The molecule has 1 aliphatic heterocycles. The second-order valence-electron chi connectivity index (χ2n) is 6.25. The number of carbonyl (C=O) groups is 3. The SMILES string of the molecule is COc1cc(NC(=O)C(=O)Nc2cc(Cl)ccc2C#N)ccc1N1CCCC1=O. The van der Waals surface area contributed by atoms with Gasteiger partial charge in [0, 0.05) is 29.7 Å². The molecule has 2 aromatic carbocycles. The monoisotopic (exact) mass is 412 g/mol. The topological polar surface area (TPSA) is 112 Å². The Morgan fingerprint density at radius 1 is 1.17 bits per heavy atom. The quantitative estimate of drug-likeness (QED) is 0.750. The van der Waals surface area contributed by atoms with Gasteiger partial charge in [-0.1, -0.05) is 11.6 Å². The summed E-state index contributed by atoms with van der Waals surface area (Å²) in [6, 6.07) is 11.0. The molecule has 0 spiro atoms. The number of methoxy groups -OCH3 is 1. The summed E-state index contributed by atoms with van der Waals surface area (Å²) < 4.78 is 5.33. The molecular weight excluding hydrogens is 396 g/mol. The molecule has 2 aromatic rings. The van der Waals surface area contributed by atoms with Crippen molar-refractivity contribution in [2.45, 2.75) is 12.8 Å². The van der Waals surface area contributed by atoms with Crippen LogP contribution < -0.4 is 20.3 Å². The van der Waals surface area contributed by atoms with E-state index in [-0.39, 0.29) is 17.2 Å². The van der Waals surface area contributed by atoms with Crippen molar-refractivity contribution >= 4 is 46.4 Å². The molecule has 3 rings (SSSR count). The summed E-state index contributed by atoms with van der Waals surface area (Å²) in [5.74, 6) is -1.48. The van der Waals surface area contributed by atoms with Crippen LogP contribution in [0.1, 0.15) is 18.4 Å². The Morgan fingerprint density at radius 2 is 1.93 bits per heavy atom. The number of carbonyl (C=O) groups excluding carboxylic acids is 3. The number of amides is 3. The molecule has 3 amide bonds. The Labute approximate surface area is 172 Å². The van der Waals surface area contributed by atoms with Crippen LogP contribution in [0.2, 0.25) is 5.02 Å². The summed E-state index contributed by atoms with van der Waals surface area (Å²) in [7, 11) is 1.46. The zero-order valence-corrected chi connectivity index (χ0v) is 16.2. The van der Waals surface area contributed by atoms with Gasteiger partial charge < -0.3 is 20.3 Å². The van der Waals surface area contributed by atoms with Crippen LogP contribution in [0, 0.1) is 11.3 Å². The van der Waals surface area contributed by atoms with Crippen molar-refractivity contribution in [2.75, 3.05) is 29.2 Å². The van der Waals surface area contributed by atoms with E-state index < -0.39 is 11.8 Å². The molecule has 0 aromatic heterocycles. The van der Waals surface area contributed by atoms with Gasteiger partial charge in [-0.3, -0.25) is 14.4 Å². The molecule has 0 bridgehead atoms. The molecule has 0 aliphatic carbocycles. The van der Waals surface area contributed by atoms with Crippen LogP contribution in [0.3, 0.4) is 0 Å². The fraction of sp³-hybridized carbons (Fsp3) is 0.200. The number of hydrogen-bond acceptors (Lipinski definition) is 5. The minimum absolute atomic E-state index is 0.00859. The lowest BCUT2D eigenvalue weighted by Gasteiger charge is -2.19. The molecule has 0 unspecified atom stereocenters. The van der Waals surface area contributed by atoms with Crippen molar-refractivity contribution in [3.05, 3.63) is 47.0 Å². The van der Waals surface area contributed by atoms with Gasteiger partial charge in [-0.15, -0.1) is 0 Å². The van der Waals surface area contributed by atoms with E-state index in [1.54, 1.807) is 17.0 Å². The molecule has 0 atom stereocenters. The third-order valence-corrected chi connectivity index (χ3v) is 4.59. The summed E-state index contributed by atoms with van der Waals surface area (Å²) in [4.78, 5) is 38.0. The predicted octanol–water partition coefficient (Wildman–Crippen LogP) is 2.92. The Balaban J connectivity index is 1.73. The maximum atomic E-state index is 12.2. The molecule has 0 radical (unpaired) electrons. The Morgan fingerprint density at radius 3 is 2.59 bits per heavy atom. The Kier molecular flexibility index (Phi) is 6.00. The lowest BCUT2D eigenvalue weighted by Crippen LogP contribution is -2.29. The number of nitrogens with zero attached hydrogens (tertiary/aromatic N) is 2. The van der Waals surface area contributed by atoms with Gasteiger partial charge in [0.15, 0.2) is 0 Å². The van der Waals surface area contributed by atoms with Crippen molar-refractivity contribution in [3.8, 4) is 11.8 Å². The minimum atomic E-state index is -0.957. The van der Waals surface area contributed by atoms with Crippen LogP contribution in [-0.4, -0.2) is 31.4 Å². The summed E-state index contributed by atoms with van der Waals surface area (Å²) in [6.45, 7) is 0.601. The smallest absolute Gasteiger partial charge is 0.314 e. The van der Waals surface area contributed by atoms with Gasteiger partial charge in [-0.05, 0) is 36.8 Å². The standard InChI is InChI=1S/C20H17ClN4O4/c1-29-17-10-14(6-7-16(17)25-8-2-3-18(25)26)23-19(27)20(28)24-15-9-13(21)5-4-12(15)11-22/h4-7,9-10H,2-3,8H2,1H3,(H,23,27)(H,24,28). The van der Waals surface area contributed by atoms with E-state index in [2.05, 4.69) is 10.6 Å². The third-order valence-electron chi connectivity index (χ3n) is 4.36. The second kappa shape index (κ2) is 8.63. The van der Waals surface area contributed by atoms with Gasteiger partial charge in [0.25, 0.3) is 0 Å². The summed E-state index contributed by atoms with van der Waals surface area (Å²) >= 11 is 5.88. The van der Waals surface area contributed by atoms with Gasteiger partial charge in [0.1, 0.15) is 11.8 Å². The van der Waals surface area contributed by atoms with Crippen molar-refractivity contribution < 1.29 is 19.1 Å². The van der Waals surface area contributed by atoms with Crippen LogP contribution >= 0.6 is 11.6 Å². The van der Waals surface area contributed by atoms with Crippen LogP contribution in [0.5, 0.6) is 5.75 Å². The summed E-state index contributed by atoms with van der Waals surface area (Å²) in [5.41, 5.74) is 1.25. The van der Waals surface area contributed by atoms with Crippen molar-refractivity contribution in [1.29, 1.82) is 5.26 Å². The highest BCUT2D eigenvalue weighted by Gasteiger charge is 2.25. The number of nitrogens with one attached hydrogen (secondary N) is 2. The lowest BCUT2D eigenvalue weighted by molar-refractivity contribution is -0.133. The van der Waals surface area contributed by atoms with Crippen molar-refractivity contribution in [2.24, 2.45) is 0 Å². The maximum Gasteiger partial charge on any atom is 0.314 e. The first-order chi connectivity index (χ1) is 13.9. The van der Waals surface area contributed by atoms with E-state index in [1.807, 2.05) is 6.07 Å². The zero-order valence-electron chi connectivity index (χ0n) is 15.5. The number of ether oxygens (including phenoxy) is 1. The molecule has 29 heavy (non-hydrogen) atoms. The van der Waals surface area contributed by atoms with E-state index in [4.69, 9.17) is 21.6 Å². The minimum Gasteiger partial charge on any atom is -0.494 e. The molecule has 2 N–H and O–H groups in total. The highest BCUT2D eigenvalue weighted by Crippen LogP contribution is 2.33. The molecule has 1 saturated heterocycles. The largest absolute Gasteiger partial charge is 0.494 e. The number of benzene rings is 2. The molecule has 9 heteroatoms. The van der Waals surface area contributed by atoms with E-state index in [0.29, 0.717) is 35.1 Å². The molecule has 1 aliphatic rings. The Hall–Kier alpha value is -3.57. The fourth-order valence-electron chi connectivity index (χ4n) is 2.97. The van der Waals surface area contributed by atoms with Gasteiger partial charge >= 0.3 is 11.8 Å². The van der Waals surface area contributed by atoms with E-state index >= 15 is 0 Å². The fourth-order valence-corrected chi connectivity index (χ4v) is 3.14. The highest BCUT2D eigenvalue weighted by molar-refractivity contribution is 6.44. The zero-order chi connectivity index (χ0) is 21.0. The van der Waals surface area contributed by atoms with Crippen LogP contribution in [0.15, 0.2) is 36.4 Å². The Bertz CT molecular complexity index is 1030. The van der Waals surface area contributed by atoms with Gasteiger partial charge in [0.2, 0.25) is 5.91 Å². The van der Waals surface area contributed by atoms with E-state index in [1.165, 1.54) is 31.4 Å². The van der Waals surface area contributed by atoms with E-state index in [0.717, 1.165) is 6.42 Å². The lowest BCUT2D eigenvalue weighted by atomic mass is 10.2. The molecule has 1 heterocycles. The van der Waals surface area contributed by atoms with Gasteiger partial charge in [0.05, 0.1) is 24.0 Å². The first-order valence-electron chi connectivity index (χ1n) is 8.73. The second-order valence-corrected chi connectivity index (χ2v) is 6.68. The molecule has 148 valence electrons. The van der Waals surface area contributed by atoms with Crippen LogP contribution in [0.25, 0.3) is 0 Å². The maximum absolute atomic E-state index is 12.2.